The highest BCUT2D eigenvalue weighted by molar-refractivity contribution is 9.09. The molecule has 0 aromatic heterocycles. The third-order valence-electron chi connectivity index (χ3n) is 10.4. The molecule has 2 heterocycles. The number of benzene rings is 4. The van der Waals surface area contributed by atoms with Crippen molar-refractivity contribution in [2.45, 2.75) is 28.5 Å². The summed E-state index contributed by atoms with van der Waals surface area (Å²) in [5.74, 6) is -5.01. The predicted octanol–water partition coefficient (Wildman–Crippen LogP) is 7.20. The van der Waals surface area contributed by atoms with Crippen LogP contribution in [0, 0.1) is 17.8 Å². The Morgan fingerprint density at radius 3 is 2.17 bits per heavy atom. The largest absolute Gasteiger partial charge is 0.507 e. The van der Waals surface area contributed by atoms with Crippen molar-refractivity contribution in [1.29, 1.82) is 0 Å². The molecule has 4 aromatic rings. The minimum absolute atomic E-state index is 0.0493. The molecule has 4 amide bonds. The van der Waals surface area contributed by atoms with Gasteiger partial charge in [-0.2, -0.15) is 0 Å². The third kappa shape index (κ3) is 4.20. The fourth-order valence-corrected chi connectivity index (χ4v) is 9.71. The Bertz CT molecular complexity index is 2070. The summed E-state index contributed by atoms with van der Waals surface area (Å²) in [6.07, 6.45) is 2.07. The number of amides is 4. The van der Waals surface area contributed by atoms with E-state index in [9.17, 15) is 24.3 Å². The van der Waals surface area contributed by atoms with Crippen molar-refractivity contribution in [3.63, 3.8) is 0 Å². The minimum atomic E-state index is -1.93. The standard InChI is InChI=1S/C37H28BrCl2N3O5/c38-19-42-34(47)36(39)18-28-26(31(37(36,40)35(42)48)25-16-17-29(44)24-9-5-4-8-23(24)25)14-15-27-30(28)33(46)43(32(27)45)22-12-10-21(11-13-22)41-20-6-2-1-3-7-20/h1-14,16-17,27-28,30-31,41,44H,15,18-19H2. The molecular formula is C37H28BrCl2N3O5. The number of nitrogens with zero attached hydrogens (tertiary/aromatic N) is 2. The van der Waals surface area contributed by atoms with Gasteiger partial charge in [0.25, 0.3) is 11.8 Å². The molecule has 1 saturated carbocycles. The number of imide groups is 2. The van der Waals surface area contributed by atoms with Gasteiger partial charge in [0.2, 0.25) is 11.8 Å². The predicted molar refractivity (Wildman–Crippen MR) is 188 cm³/mol. The van der Waals surface area contributed by atoms with E-state index in [1.54, 1.807) is 30.3 Å². The van der Waals surface area contributed by atoms with Gasteiger partial charge in [0, 0.05) is 22.7 Å². The first kappa shape index (κ1) is 31.1. The molecule has 6 unspecified atom stereocenters. The van der Waals surface area contributed by atoms with Crippen LogP contribution in [0.5, 0.6) is 5.75 Å². The Balaban J connectivity index is 1.22. The quantitative estimate of drug-likeness (QED) is 0.0969. The molecule has 2 saturated heterocycles. The van der Waals surface area contributed by atoms with Crippen LogP contribution in [0.15, 0.2) is 103 Å². The van der Waals surface area contributed by atoms with E-state index in [1.165, 1.54) is 11.0 Å². The van der Waals surface area contributed by atoms with Crippen molar-refractivity contribution in [2.75, 3.05) is 15.7 Å². The van der Waals surface area contributed by atoms with Crippen molar-refractivity contribution in [3.8, 4) is 5.75 Å². The number of alkyl halides is 3. The molecule has 48 heavy (non-hydrogen) atoms. The van der Waals surface area contributed by atoms with Crippen LogP contribution in [0.4, 0.5) is 17.1 Å². The monoisotopic (exact) mass is 743 g/mol. The van der Waals surface area contributed by atoms with Crippen molar-refractivity contribution < 1.29 is 24.3 Å². The summed E-state index contributed by atoms with van der Waals surface area (Å²) in [5.41, 5.74) is 3.34. The molecule has 8 nitrogen and oxygen atoms in total. The number of phenols is 1. The summed E-state index contributed by atoms with van der Waals surface area (Å²) in [6, 6.07) is 27.2. The highest BCUT2D eigenvalue weighted by Crippen LogP contribution is 2.66. The van der Waals surface area contributed by atoms with E-state index in [2.05, 4.69) is 21.2 Å². The molecule has 6 atom stereocenters. The number of para-hydroxylation sites is 1. The maximum atomic E-state index is 14.4. The van der Waals surface area contributed by atoms with Crippen LogP contribution < -0.4 is 10.2 Å². The number of hydrogen-bond donors (Lipinski definition) is 2. The van der Waals surface area contributed by atoms with E-state index in [4.69, 9.17) is 23.2 Å². The number of nitrogens with one attached hydrogen (secondary N) is 1. The van der Waals surface area contributed by atoms with E-state index < -0.39 is 45.2 Å². The van der Waals surface area contributed by atoms with Crippen LogP contribution in [0.3, 0.4) is 0 Å². The Morgan fingerprint density at radius 1 is 0.792 bits per heavy atom. The van der Waals surface area contributed by atoms with Gasteiger partial charge in [-0.1, -0.05) is 76.1 Å². The first-order chi connectivity index (χ1) is 23.1. The summed E-state index contributed by atoms with van der Waals surface area (Å²) in [6.45, 7) is 0. The fraction of sp³-hybridized carbons (Fsp3) is 0.243. The van der Waals surface area contributed by atoms with Gasteiger partial charge >= 0.3 is 0 Å². The summed E-state index contributed by atoms with van der Waals surface area (Å²) in [5, 5.41) is 15.2. The maximum absolute atomic E-state index is 14.4. The van der Waals surface area contributed by atoms with Gasteiger partial charge < -0.3 is 10.4 Å². The Labute approximate surface area is 294 Å². The van der Waals surface area contributed by atoms with Crippen molar-refractivity contribution >= 4 is 90.6 Å². The first-order valence-corrected chi connectivity index (χ1v) is 17.5. The second kappa shape index (κ2) is 11.2. The van der Waals surface area contributed by atoms with Crippen LogP contribution in [-0.2, 0) is 19.2 Å². The van der Waals surface area contributed by atoms with Gasteiger partial charge in [0.15, 0.2) is 9.75 Å². The molecule has 2 aliphatic carbocycles. The maximum Gasteiger partial charge on any atom is 0.254 e. The van der Waals surface area contributed by atoms with Gasteiger partial charge in [0.1, 0.15) is 5.75 Å². The number of fused-ring (bicyclic) bond motifs is 5. The molecule has 242 valence electrons. The van der Waals surface area contributed by atoms with Crippen molar-refractivity contribution in [1.82, 2.24) is 4.90 Å². The zero-order chi connectivity index (χ0) is 33.5. The Kier molecular flexibility index (Phi) is 7.25. The number of likely N-dealkylation sites (tertiary alicyclic amines) is 1. The Hall–Kier alpha value is -4.18. The number of aromatic hydroxyl groups is 1. The highest BCUT2D eigenvalue weighted by Gasteiger charge is 2.76. The van der Waals surface area contributed by atoms with Crippen LogP contribution in [-0.4, -0.2) is 48.8 Å². The number of anilines is 3. The van der Waals surface area contributed by atoms with E-state index >= 15 is 0 Å². The lowest BCUT2D eigenvalue weighted by molar-refractivity contribution is -0.138. The zero-order valence-electron chi connectivity index (χ0n) is 25.3. The van der Waals surface area contributed by atoms with Gasteiger partial charge in [-0.25, -0.2) is 0 Å². The SMILES string of the molecule is O=C1C2CC=C3C(CC4(Cl)C(=O)N(CBr)C(=O)C4(Cl)C3c3ccc(O)c4ccccc34)C2C(=O)N1c1ccc(Nc2ccccc2)cc1. The lowest BCUT2D eigenvalue weighted by atomic mass is 9.56. The van der Waals surface area contributed by atoms with E-state index in [1.807, 2.05) is 60.7 Å². The molecule has 8 rings (SSSR count). The molecule has 2 aliphatic heterocycles. The van der Waals surface area contributed by atoms with Crippen molar-refractivity contribution in [2.24, 2.45) is 17.8 Å². The average molecular weight is 745 g/mol. The lowest BCUT2D eigenvalue weighted by Crippen LogP contribution is -2.60. The zero-order valence-corrected chi connectivity index (χ0v) is 28.4. The Morgan fingerprint density at radius 2 is 1.46 bits per heavy atom. The normalized spacial score (nSPS) is 29.5. The van der Waals surface area contributed by atoms with E-state index in [-0.39, 0.29) is 35.9 Å². The summed E-state index contributed by atoms with van der Waals surface area (Å²) in [4.78, 5) is 54.9. The van der Waals surface area contributed by atoms with E-state index in [0.717, 1.165) is 16.3 Å². The third-order valence-corrected chi connectivity index (χ3v) is 12.4. The molecule has 4 aliphatic rings. The molecule has 0 radical (unpaired) electrons. The topological polar surface area (TPSA) is 107 Å². The number of carbonyl (C=O) groups excluding carboxylic acids is 4. The first-order valence-electron chi connectivity index (χ1n) is 15.6. The summed E-state index contributed by atoms with van der Waals surface area (Å²) >= 11 is 18.1. The van der Waals surface area contributed by atoms with Gasteiger partial charge in [-0.05, 0) is 72.2 Å². The summed E-state index contributed by atoms with van der Waals surface area (Å²) in [7, 11) is 0. The number of hydrogen-bond acceptors (Lipinski definition) is 6. The molecule has 3 fully saturated rings. The minimum Gasteiger partial charge on any atom is -0.507 e. The van der Waals surface area contributed by atoms with Gasteiger partial charge in [-0.15, -0.1) is 23.2 Å². The molecule has 0 bridgehead atoms. The second-order valence-electron chi connectivity index (χ2n) is 12.8. The number of halogens is 3. The number of rotatable bonds is 5. The lowest BCUT2D eigenvalue weighted by Gasteiger charge is -2.51. The number of carbonyl (C=O) groups is 4. The molecule has 0 spiro atoms. The van der Waals surface area contributed by atoms with Crippen LogP contribution in [0.1, 0.15) is 24.3 Å². The average Bonchev–Trinajstić information content (AvgIpc) is 3.43. The smallest absolute Gasteiger partial charge is 0.254 e. The number of allylic oxidation sites excluding steroid dienone is 2. The summed E-state index contributed by atoms with van der Waals surface area (Å²) < 4.78 is 0. The van der Waals surface area contributed by atoms with Crippen LogP contribution in [0.2, 0.25) is 0 Å². The van der Waals surface area contributed by atoms with Gasteiger partial charge in [-0.3, -0.25) is 29.0 Å². The molecule has 4 aromatic carbocycles. The highest BCUT2D eigenvalue weighted by atomic mass is 79.9. The molecule has 2 N–H and O–H groups in total. The van der Waals surface area contributed by atoms with Crippen LogP contribution >= 0.6 is 39.1 Å². The second-order valence-corrected chi connectivity index (χ2v) is 14.5. The van der Waals surface area contributed by atoms with Crippen molar-refractivity contribution in [3.05, 3.63) is 108 Å². The van der Waals surface area contributed by atoms with Crippen LogP contribution in [0.25, 0.3) is 10.8 Å². The molecule has 11 heteroatoms. The number of phenolic OH excluding ortho intramolecular Hbond substituents is 1. The van der Waals surface area contributed by atoms with Gasteiger partial charge in [0.05, 0.1) is 23.0 Å². The van der Waals surface area contributed by atoms with E-state index in [0.29, 0.717) is 27.6 Å². The fourth-order valence-electron chi connectivity index (χ4n) is 8.29. The molecular weight excluding hydrogens is 717 g/mol.